The first-order valence-corrected chi connectivity index (χ1v) is 0. The van der Waals surface area contributed by atoms with Gasteiger partial charge in [0.1, 0.15) is 0 Å². The van der Waals surface area contributed by atoms with E-state index in [-0.39, 0.29) is 75.3 Å². The van der Waals surface area contributed by atoms with Crippen LogP contribution in [0.15, 0.2) is 0 Å². The molecule has 0 saturated heterocycles. The summed E-state index contributed by atoms with van der Waals surface area (Å²) in [6.45, 7) is 0. The smallest absolute Gasteiger partial charge is 1.00 e. The van der Waals surface area contributed by atoms with E-state index >= 15 is 0 Å². The zero-order valence-corrected chi connectivity index (χ0v) is 2.00. The molecule has 0 aliphatic carbocycles. The monoisotopic (exact) mass is 76.1 g/mol. The van der Waals surface area contributed by atoms with Crippen LogP contribution in [0.1, 0.15) is 2.85 Å². The van der Waals surface area contributed by atoms with Crippen LogP contribution in [-0.4, -0.2) is 34.7 Å². The fourth-order valence-electron chi connectivity index (χ4n) is 0. The van der Waals surface area contributed by atoms with Gasteiger partial charge in [0, 0.05) is 0 Å². The number of rotatable bonds is 0. The van der Waals surface area contributed by atoms with Crippen molar-refractivity contribution in [2.75, 3.05) is 0 Å². The third-order valence-electron chi connectivity index (χ3n) is 0. The summed E-state index contributed by atoms with van der Waals surface area (Å²) in [6, 6.07) is 0. The molecule has 0 rings (SSSR count). The van der Waals surface area contributed by atoms with E-state index < -0.39 is 0 Å². The van der Waals surface area contributed by atoms with Crippen LogP contribution < -0.4 is 37.7 Å². The predicted octanol–water partition coefficient (Wildman–Crippen LogP) is -8.13. The summed E-state index contributed by atoms with van der Waals surface area (Å²) >= 11 is 0. The van der Waals surface area contributed by atoms with Gasteiger partial charge in [-0.1, -0.05) is 0 Å². The first-order valence-electron chi connectivity index (χ1n) is 0. The van der Waals surface area contributed by atoms with Gasteiger partial charge in [-0.15, -0.1) is 0 Å². The molecule has 0 aliphatic rings. The van der Waals surface area contributed by atoms with Gasteiger partial charge in [0.25, 0.3) is 0 Å². The average molecular weight is 75.9 g/mol. The molecule has 0 radical (unpaired) electrons. The summed E-state index contributed by atoms with van der Waals surface area (Å²) in [5.74, 6) is 0. The van der Waals surface area contributed by atoms with Crippen LogP contribution in [0.3, 0.4) is 0 Å². The summed E-state index contributed by atoms with van der Waals surface area (Å²) < 4.78 is 0. The van der Waals surface area contributed by atoms with Crippen LogP contribution >= 0.6 is 0 Å². The number of hydrogen-bond donors (Lipinski definition) is 0. The second kappa shape index (κ2) is 18.7. The summed E-state index contributed by atoms with van der Waals surface area (Å²) in [7, 11) is 0. The molecule has 4 heteroatoms. The fourth-order valence-corrected chi connectivity index (χ4v) is 0. The summed E-state index contributed by atoms with van der Waals surface area (Å²) in [5, 5.41) is 0. The summed E-state index contributed by atoms with van der Waals surface area (Å²) in [5.41, 5.74) is 0. The van der Waals surface area contributed by atoms with E-state index in [1.54, 1.807) is 0 Å². The molecule has 0 bridgehead atoms. The van der Waals surface area contributed by atoms with Crippen molar-refractivity contribution in [1.82, 2.24) is 0 Å². The van der Waals surface area contributed by atoms with Gasteiger partial charge in [0.2, 0.25) is 0 Å². The Morgan fingerprint density at radius 2 is 0.750 bits per heavy atom. The van der Waals surface area contributed by atoms with Crippen LogP contribution in [0.5, 0.6) is 0 Å². The SMILES string of the molecule is [AlH3].[AlH3].[H-].[H-].[Li+].[Li+]. The minimum absolute atomic E-state index is 0. The molecule has 0 unspecified atom stereocenters. The van der Waals surface area contributed by atoms with E-state index in [0.717, 1.165) is 0 Å². The molecule has 0 N–H and O–H groups in total. The minimum atomic E-state index is 0. The molecule has 0 aromatic carbocycles. The Bertz CT molecular complexity index is 9.51. The fraction of sp³-hybridized carbons (Fsp3) is 0. The van der Waals surface area contributed by atoms with E-state index in [4.69, 9.17) is 0 Å². The van der Waals surface area contributed by atoms with E-state index in [1.165, 1.54) is 0 Å². The Kier molecular flexibility index (Phi) is 158. The summed E-state index contributed by atoms with van der Waals surface area (Å²) in [6.07, 6.45) is 0. The molecular formula is H8Al2Li2. The third-order valence-corrected chi connectivity index (χ3v) is 0. The molecule has 0 aliphatic heterocycles. The van der Waals surface area contributed by atoms with Crippen LogP contribution in [0.25, 0.3) is 0 Å². The zero-order chi connectivity index (χ0) is 0. The molecule has 0 atom stereocenters. The molecule has 0 saturated carbocycles. The molecule has 16 valence electrons. The van der Waals surface area contributed by atoms with Crippen molar-refractivity contribution in [3.8, 4) is 0 Å². The van der Waals surface area contributed by atoms with Gasteiger partial charge in [0.15, 0.2) is 34.7 Å². The molecule has 0 nitrogen and oxygen atoms in total. The van der Waals surface area contributed by atoms with Crippen LogP contribution in [0, 0.1) is 0 Å². The zero-order valence-electron chi connectivity index (χ0n) is 4.00. The van der Waals surface area contributed by atoms with Gasteiger partial charge < -0.3 is 2.85 Å². The van der Waals surface area contributed by atoms with Crippen molar-refractivity contribution < 1.29 is 40.6 Å². The van der Waals surface area contributed by atoms with E-state index in [2.05, 4.69) is 0 Å². The van der Waals surface area contributed by atoms with E-state index in [0.29, 0.717) is 0 Å². The molecule has 0 amide bonds. The van der Waals surface area contributed by atoms with Gasteiger partial charge in [-0.25, -0.2) is 0 Å². The standard InChI is InChI=1S/2Al.2Li.8H/q;;2*+1;;;;;;;2*-1. The molecule has 0 spiro atoms. The minimum Gasteiger partial charge on any atom is -1.00 e. The summed E-state index contributed by atoms with van der Waals surface area (Å²) in [4.78, 5) is 0. The number of hydrogen-bond acceptors (Lipinski definition) is 0. The molecule has 0 aromatic heterocycles. The maximum atomic E-state index is 0. The van der Waals surface area contributed by atoms with Crippen molar-refractivity contribution in [3.05, 3.63) is 0 Å². The largest absolute Gasteiger partial charge is 1.00 e. The van der Waals surface area contributed by atoms with Crippen molar-refractivity contribution in [3.63, 3.8) is 0 Å². The van der Waals surface area contributed by atoms with Gasteiger partial charge in [-0.05, 0) is 0 Å². The second-order valence-corrected chi connectivity index (χ2v) is 0. The Balaban J connectivity index is 0. The average Bonchev–Trinajstić information content (AvgIpc) is 0. The predicted molar refractivity (Wildman–Crippen MR) is 22.1 cm³/mol. The Morgan fingerprint density at radius 1 is 0.750 bits per heavy atom. The molecular weight excluding hydrogens is 67.8 g/mol. The molecule has 0 fully saturated rings. The Labute approximate surface area is 74.7 Å². The maximum Gasteiger partial charge on any atom is 1.00 e. The maximum absolute atomic E-state index is 0. The molecule has 0 heterocycles. The molecule has 0 aromatic rings. The first-order chi connectivity index (χ1) is 0. The topological polar surface area (TPSA) is 0 Å². The Morgan fingerprint density at radius 3 is 0.750 bits per heavy atom. The van der Waals surface area contributed by atoms with Crippen molar-refractivity contribution in [1.29, 1.82) is 0 Å². The van der Waals surface area contributed by atoms with E-state index in [1.807, 2.05) is 0 Å². The van der Waals surface area contributed by atoms with Gasteiger partial charge in [-0.3, -0.25) is 0 Å². The van der Waals surface area contributed by atoms with Crippen molar-refractivity contribution in [2.45, 2.75) is 0 Å². The normalized spacial score (nSPS) is 0. The second-order valence-electron chi connectivity index (χ2n) is 0. The van der Waals surface area contributed by atoms with Crippen molar-refractivity contribution >= 4 is 34.7 Å². The Hall–Kier alpha value is 2.26. The first kappa shape index (κ1) is 33.9. The van der Waals surface area contributed by atoms with Gasteiger partial charge in [0.05, 0.1) is 0 Å². The van der Waals surface area contributed by atoms with Crippen LogP contribution in [0.4, 0.5) is 0 Å². The van der Waals surface area contributed by atoms with Gasteiger partial charge in [-0.2, -0.15) is 0 Å². The quantitative estimate of drug-likeness (QED) is 0.251. The van der Waals surface area contributed by atoms with Gasteiger partial charge >= 0.3 is 37.7 Å². The van der Waals surface area contributed by atoms with Crippen LogP contribution in [0.2, 0.25) is 0 Å². The van der Waals surface area contributed by atoms with E-state index in [9.17, 15) is 0 Å². The van der Waals surface area contributed by atoms with Crippen LogP contribution in [-0.2, 0) is 0 Å². The van der Waals surface area contributed by atoms with Crippen molar-refractivity contribution in [2.24, 2.45) is 0 Å². The molecule has 4 heavy (non-hydrogen) atoms. The third kappa shape index (κ3) is 8.86.